The van der Waals surface area contributed by atoms with E-state index >= 15 is 0 Å². The van der Waals surface area contributed by atoms with Crippen LogP contribution in [0.1, 0.15) is 6.42 Å². The molecule has 0 aromatic rings. The van der Waals surface area contributed by atoms with E-state index in [2.05, 4.69) is 38.0 Å². The average molecular weight is 260 g/mol. The van der Waals surface area contributed by atoms with Crippen molar-refractivity contribution in [1.29, 1.82) is 0 Å². The van der Waals surface area contributed by atoms with Crippen molar-refractivity contribution in [3.05, 3.63) is 0 Å². The van der Waals surface area contributed by atoms with E-state index in [1.54, 1.807) is 0 Å². The van der Waals surface area contributed by atoms with E-state index in [1.807, 2.05) is 0 Å². The Morgan fingerprint density at radius 3 is 1.33 bits per heavy atom. The molecule has 0 aliphatic rings. The third-order valence-electron chi connectivity index (χ3n) is 1.21. The molecule has 0 amide bonds. The molecular weight excluding hydrogens is 242 g/mol. The normalized spacial score (nSPS) is 10.3. The zero-order valence-electron chi connectivity index (χ0n) is 8.09. The molecule has 0 aliphatic heterocycles. The first-order valence-corrected chi connectivity index (χ1v) is 6.38. The molecule has 2 nitrogen and oxygen atoms in total. The summed E-state index contributed by atoms with van der Waals surface area (Å²) in [6.07, 6.45) is 1.26. The van der Waals surface area contributed by atoms with Crippen molar-refractivity contribution in [1.82, 2.24) is 9.80 Å². The van der Waals surface area contributed by atoms with Crippen LogP contribution in [0.5, 0.6) is 0 Å². The maximum atomic E-state index is 4.70. The first-order chi connectivity index (χ1) is 5.54. The molecule has 0 bridgehead atoms. The van der Waals surface area contributed by atoms with Crippen molar-refractivity contribution in [3.8, 4) is 0 Å². The van der Waals surface area contributed by atoms with Gasteiger partial charge in [0.25, 0.3) is 0 Å². The van der Waals surface area contributed by atoms with Gasteiger partial charge in [-0.3, -0.25) is 0 Å². The molecule has 0 heterocycles. The second-order valence-corrected chi connectivity index (χ2v) is 4.64. The summed E-state index contributed by atoms with van der Waals surface area (Å²) in [5, 5.41) is 0. The average Bonchev–Trinajstić information content (AvgIpc) is 1.87. The molecule has 0 fully saturated rings. The van der Waals surface area contributed by atoms with Gasteiger partial charge in [0.15, 0.2) is 0 Å². The third kappa shape index (κ3) is 22.4. The molecule has 0 saturated carbocycles. The second kappa shape index (κ2) is 12.0. The van der Waals surface area contributed by atoms with E-state index in [-0.39, 0.29) is 0 Å². The molecule has 0 spiro atoms. The Bertz CT molecular complexity index is 73.8. The van der Waals surface area contributed by atoms with E-state index in [9.17, 15) is 0 Å². The maximum absolute atomic E-state index is 4.70. The minimum absolute atomic E-state index is 0.569. The number of hydrogen-bond acceptors (Lipinski definition) is 2. The molecule has 0 N–H and O–H groups in total. The Labute approximate surface area is 90.5 Å². The molecule has 0 unspecified atom stereocenters. The van der Waals surface area contributed by atoms with Gasteiger partial charge < -0.3 is 9.80 Å². The fourth-order valence-electron chi connectivity index (χ4n) is 0.703. The van der Waals surface area contributed by atoms with E-state index in [0.717, 1.165) is 0 Å². The fraction of sp³-hybridized carbons (Fsp3) is 1.00. The van der Waals surface area contributed by atoms with Crippen molar-refractivity contribution in [2.24, 2.45) is 0 Å². The van der Waals surface area contributed by atoms with E-state index < -0.39 is 0 Å². The molecular formula is C7H18Cl2N2Ni. The fourth-order valence-corrected chi connectivity index (χ4v) is 0.703. The molecule has 5 heteroatoms. The van der Waals surface area contributed by atoms with Gasteiger partial charge in [0.2, 0.25) is 0 Å². The zero-order valence-corrected chi connectivity index (χ0v) is 10.6. The zero-order chi connectivity index (χ0) is 9.98. The SMILES string of the molecule is CN(C)CCCN(C)C.[Cl][Ni][Cl]. The molecule has 80 valence electrons. The van der Waals surface area contributed by atoms with E-state index in [0.29, 0.717) is 12.7 Å². The summed E-state index contributed by atoms with van der Waals surface area (Å²) >= 11 is 0.569. The number of halogens is 2. The summed E-state index contributed by atoms with van der Waals surface area (Å²) in [6.45, 7) is 2.39. The number of hydrogen-bond donors (Lipinski definition) is 0. The van der Waals surface area contributed by atoms with Crippen LogP contribution in [-0.2, 0) is 12.7 Å². The molecule has 0 saturated heterocycles. The summed E-state index contributed by atoms with van der Waals surface area (Å²) in [5.74, 6) is 0. The van der Waals surface area contributed by atoms with Crippen molar-refractivity contribution in [3.63, 3.8) is 0 Å². The summed E-state index contributed by atoms with van der Waals surface area (Å²) < 4.78 is 0. The van der Waals surface area contributed by atoms with Gasteiger partial charge in [-0.25, -0.2) is 0 Å². The van der Waals surface area contributed by atoms with Gasteiger partial charge in [-0.2, -0.15) is 0 Å². The van der Waals surface area contributed by atoms with Crippen LogP contribution in [0.15, 0.2) is 0 Å². The van der Waals surface area contributed by atoms with Crippen LogP contribution in [0, 0.1) is 0 Å². The van der Waals surface area contributed by atoms with Crippen LogP contribution in [0.25, 0.3) is 0 Å². The predicted molar refractivity (Wildman–Crippen MR) is 53.4 cm³/mol. The van der Waals surface area contributed by atoms with Crippen LogP contribution >= 0.6 is 20.4 Å². The minimum atomic E-state index is 0.569. The van der Waals surface area contributed by atoms with Crippen LogP contribution in [0.2, 0.25) is 0 Å². The molecule has 12 heavy (non-hydrogen) atoms. The van der Waals surface area contributed by atoms with Gasteiger partial charge in [-0.1, -0.05) is 0 Å². The summed E-state index contributed by atoms with van der Waals surface area (Å²) in [4.78, 5) is 4.42. The molecule has 0 atom stereocenters. The van der Waals surface area contributed by atoms with Gasteiger partial charge >= 0.3 is 33.0 Å². The van der Waals surface area contributed by atoms with Crippen molar-refractivity contribution in [2.45, 2.75) is 6.42 Å². The van der Waals surface area contributed by atoms with E-state index in [4.69, 9.17) is 20.4 Å². The molecule has 0 aromatic carbocycles. The first-order valence-electron chi connectivity index (χ1n) is 3.66. The Hall–Kier alpha value is 0.994. The molecule has 0 aliphatic carbocycles. The molecule has 0 radical (unpaired) electrons. The quantitative estimate of drug-likeness (QED) is 0.712. The summed E-state index contributed by atoms with van der Waals surface area (Å²) in [6, 6.07) is 0. The topological polar surface area (TPSA) is 6.48 Å². The van der Waals surface area contributed by atoms with Gasteiger partial charge in [-0.15, -0.1) is 0 Å². The van der Waals surface area contributed by atoms with Gasteiger partial charge in [0.05, 0.1) is 0 Å². The first kappa shape index (κ1) is 15.5. The van der Waals surface area contributed by atoms with Gasteiger partial charge in [0.1, 0.15) is 0 Å². The Morgan fingerprint density at radius 1 is 0.917 bits per heavy atom. The van der Waals surface area contributed by atoms with Crippen LogP contribution in [-0.4, -0.2) is 51.1 Å². The number of nitrogens with zero attached hydrogens (tertiary/aromatic N) is 2. The summed E-state index contributed by atoms with van der Waals surface area (Å²) in [5.41, 5.74) is 0. The molecule has 0 rings (SSSR count). The van der Waals surface area contributed by atoms with Crippen molar-refractivity contribution < 1.29 is 12.7 Å². The summed E-state index contributed by atoms with van der Waals surface area (Å²) in [7, 11) is 17.8. The predicted octanol–water partition coefficient (Wildman–Crippen LogP) is 1.88. The third-order valence-corrected chi connectivity index (χ3v) is 1.21. The Kier molecular flexibility index (Phi) is 15.5. The second-order valence-electron chi connectivity index (χ2n) is 3.01. The molecule has 0 aromatic heterocycles. The Balaban J connectivity index is 0. The van der Waals surface area contributed by atoms with Gasteiger partial charge in [0, 0.05) is 0 Å². The standard InChI is InChI=1S/C7H18N2.2ClH.Ni/c1-8(2)6-5-7-9(3)4;;;/h5-7H2,1-4H3;2*1H;/q;;;+2/p-2. The van der Waals surface area contributed by atoms with Gasteiger partial charge in [-0.05, 0) is 47.7 Å². The van der Waals surface area contributed by atoms with Crippen molar-refractivity contribution in [2.75, 3.05) is 41.3 Å². The van der Waals surface area contributed by atoms with E-state index in [1.165, 1.54) is 19.5 Å². The number of rotatable bonds is 4. The van der Waals surface area contributed by atoms with Crippen LogP contribution in [0.4, 0.5) is 0 Å². The van der Waals surface area contributed by atoms with Crippen molar-refractivity contribution >= 4 is 20.4 Å². The Morgan fingerprint density at radius 2 is 1.17 bits per heavy atom. The van der Waals surface area contributed by atoms with Crippen LogP contribution in [0.3, 0.4) is 0 Å². The monoisotopic (exact) mass is 258 g/mol. The van der Waals surface area contributed by atoms with Crippen LogP contribution < -0.4 is 0 Å².